The summed E-state index contributed by atoms with van der Waals surface area (Å²) in [4.78, 5) is 26.4. The first kappa shape index (κ1) is 23.4. The number of hydrogen-bond acceptors (Lipinski definition) is 5. The van der Waals surface area contributed by atoms with Gasteiger partial charge < -0.3 is 14.6 Å². The van der Waals surface area contributed by atoms with E-state index in [0.717, 1.165) is 16.7 Å². The number of aliphatic hydroxyl groups excluding tert-OH is 1. The molecule has 0 aliphatic heterocycles. The first-order valence-corrected chi connectivity index (χ1v) is 10.1. The Morgan fingerprint density at radius 2 is 1.33 bits per heavy atom. The zero-order valence-electron chi connectivity index (χ0n) is 17.7. The van der Waals surface area contributed by atoms with Gasteiger partial charge in [0.2, 0.25) is 0 Å². The van der Waals surface area contributed by atoms with Crippen LogP contribution >= 0.6 is 0 Å². The average Bonchev–Trinajstić information content (AvgIpc) is 2.77. The Labute approximate surface area is 178 Å². The molecule has 0 saturated heterocycles. The first-order chi connectivity index (χ1) is 14.5. The Hall–Kier alpha value is -2.92. The van der Waals surface area contributed by atoms with E-state index in [9.17, 15) is 14.7 Å². The van der Waals surface area contributed by atoms with Crippen LogP contribution in [0.1, 0.15) is 44.2 Å². The molecule has 2 aromatic rings. The summed E-state index contributed by atoms with van der Waals surface area (Å²) in [5, 5.41) is 9.37. The average molecular weight is 411 g/mol. The van der Waals surface area contributed by atoms with Gasteiger partial charge in [0.15, 0.2) is 5.41 Å². The van der Waals surface area contributed by atoms with E-state index in [0.29, 0.717) is 0 Å². The van der Waals surface area contributed by atoms with E-state index >= 15 is 0 Å². The second-order valence-corrected chi connectivity index (χ2v) is 7.52. The smallest absolute Gasteiger partial charge is 0.324 e. The quantitative estimate of drug-likeness (QED) is 0.333. The van der Waals surface area contributed by atoms with Crippen molar-refractivity contribution in [2.75, 3.05) is 6.61 Å². The van der Waals surface area contributed by atoms with Gasteiger partial charge in [0.1, 0.15) is 13.2 Å². The summed E-state index contributed by atoms with van der Waals surface area (Å²) < 4.78 is 11.1. The molecule has 160 valence electrons. The summed E-state index contributed by atoms with van der Waals surface area (Å²) in [7, 11) is 0. The van der Waals surface area contributed by atoms with Crippen molar-refractivity contribution in [1.29, 1.82) is 0 Å². The van der Waals surface area contributed by atoms with Crippen LogP contribution < -0.4 is 0 Å². The monoisotopic (exact) mass is 410 g/mol. The zero-order chi connectivity index (χ0) is 21.8. The fraction of sp³-hybridized carbons (Fsp3) is 0.360. The summed E-state index contributed by atoms with van der Waals surface area (Å²) in [6.45, 7) is 3.82. The number of aliphatic hydroxyl groups is 1. The lowest BCUT2D eigenvalue weighted by Gasteiger charge is -2.28. The van der Waals surface area contributed by atoms with E-state index in [2.05, 4.69) is 0 Å². The highest BCUT2D eigenvalue weighted by Crippen LogP contribution is 2.34. The topological polar surface area (TPSA) is 72.8 Å². The number of hydrogen-bond donors (Lipinski definition) is 1. The van der Waals surface area contributed by atoms with Gasteiger partial charge in [-0.15, -0.1) is 0 Å². The van der Waals surface area contributed by atoms with Crippen LogP contribution in [0.4, 0.5) is 0 Å². The molecule has 0 heterocycles. The summed E-state index contributed by atoms with van der Waals surface area (Å²) in [6.07, 6.45) is 2.44. The van der Waals surface area contributed by atoms with Gasteiger partial charge in [-0.1, -0.05) is 72.3 Å². The number of carbonyl (C=O) groups is 2. The number of allylic oxidation sites excluding steroid dienone is 2. The van der Waals surface area contributed by atoms with Crippen molar-refractivity contribution >= 4 is 11.9 Å². The predicted molar refractivity (Wildman–Crippen MR) is 115 cm³/mol. The molecule has 0 saturated carbocycles. The van der Waals surface area contributed by atoms with Crippen molar-refractivity contribution in [3.05, 3.63) is 83.4 Å². The molecule has 0 aliphatic carbocycles. The molecule has 0 amide bonds. The minimum absolute atomic E-state index is 0.0708. The second kappa shape index (κ2) is 11.9. The van der Waals surface area contributed by atoms with E-state index in [1.807, 2.05) is 80.6 Å². The minimum Gasteiger partial charge on any atom is -0.460 e. The highest BCUT2D eigenvalue weighted by molar-refractivity contribution is 6.00. The number of esters is 2. The molecule has 0 aliphatic rings. The molecule has 0 spiro atoms. The Balaban J connectivity index is 2.23. The molecule has 5 nitrogen and oxygen atoms in total. The van der Waals surface area contributed by atoms with E-state index in [1.165, 1.54) is 0 Å². The third kappa shape index (κ3) is 6.85. The fourth-order valence-corrected chi connectivity index (χ4v) is 3.04. The Morgan fingerprint density at radius 1 is 0.867 bits per heavy atom. The number of carbonyl (C=O) groups excluding carboxylic acids is 2. The molecule has 0 unspecified atom stereocenters. The van der Waals surface area contributed by atoms with E-state index in [1.54, 1.807) is 0 Å². The molecule has 30 heavy (non-hydrogen) atoms. The molecule has 2 rings (SSSR count). The molecular formula is C25H30O5. The van der Waals surface area contributed by atoms with Crippen LogP contribution in [0.25, 0.3) is 0 Å². The van der Waals surface area contributed by atoms with Crippen LogP contribution in [0.15, 0.2) is 72.3 Å². The van der Waals surface area contributed by atoms with Crippen molar-refractivity contribution < 1.29 is 24.2 Å². The lowest BCUT2D eigenvalue weighted by atomic mass is 9.79. The van der Waals surface area contributed by atoms with Gasteiger partial charge in [-0.05, 0) is 44.2 Å². The molecule has 0 fully saturated rings. The predicted octanol–water partition coefficient (Wildman–Crippen LogP) is 4.59. The molecule has 0 bridgehead atoms. The van der Waals surface area contributed by atoms with Gasteiger partial charge in [0.25, 0.3) is 0 Å². The molecule has 1 N–H and O–H groups in total. The summed E-state index contributed by atoms with van der Waals surface area (Å²) in [5.41, 5.74) is 1.16. The zero-order valence-corrected chi connectivity index (χ0v) is 17.7. The highest BCUT2D eigenvalue weighted by atomic mass is 16.6. The largest absolute Gasteiger partial charge is 0.460 e. The minimum atomic E-state index is -1.50. The molecule has 0 aromatic heterocycles. The first-order valence-electron chi connectivity index (χ1n) is 10.1. The van der Waals surface area contributed by atoms with Crippen molar-refractivity contribution in [1.82, 2.24) is 0 Å². The Kier molecular flexibility index (Phi) is 9.29. The van der Waals surface area contributed by atoms with Crippen LogP contribution in [0, 0.1) is 5.41 Å². The van der Waals surface area contributed by atoms with Crippen molar-refractivity contribution in [2.24, 2.45) is 5.41 Å². The van der Waals surface area contributed by atoms with Gasteiger partial charge in [0.05, 0.1) is 0 Å². The van der Waals surface area contributed by atoms with Crippen LogP contribution in [0.3, 0.4) is 0 Å². The maximum Gasteiger partial charge on any atom is 0.324 e. The van der Waals surface area contributed by atoms with Crippen molar-refractivity contribution in [3.63, 3.8) is 0 Å². The van der Waals surface area contributed by atoms with Crippen molar-refractivity contribution in [3.8, 4) is 0 Å². The molecule has 5 heteroatoms. The van der Waals surface area contributed by atoms with Crippen LogP contribution in [-0.4, -0.2) is 23.7 Å². The van der Waals surface area contributed by atoms with E-state index in [4.69, 9.17) is 9.47 Å². The van der Waals surface area contributed by atoms with Gasteiger partial charge >= 0.3 is 11.9 Å². The third-order valence-corrected chi connectivity index (χ3v) is 4.83. The summed E-state index contributed by atoms with van der Waals surface area (Å²) >= 11 is 0. The summed E-state index contributed by atoms with van der Waals surface area (Å²) in [5.74, 6) is -1.26. The standard InChI is InChI=1S/C25H30O5/c1-20(2)14-16-25(15-9-17-26,23(27)29-18-21-10-5-3-6-11-21)24(28)30-19-22-12-7-4-8-13-22/h3-8,10-14,26H,9,15-19H2,1-2H3. The Bertz CT molecular complexity index is 768. The Morgan fingerprint density at radius 3 is 1.73 bits per heavy atom. The summed E-state index contributed by atoms with van der Waals surface area (Å²) in [6, 6.07) is 18.6. The number of benzene rings is 2. The maximum absolute atomic E-state index is 13.2. The molecule has 0 radical (unpaired) electrons. The van der Waals surface area contributed by atoms with Crippen LogP contribution in [-0.2, 0) is 32.3 Å². The van der Waals surface area contributed by atoms with Gasteiger partial charge in [-0.2, -0.15) is 0 Å². The second-order valence-electron chi connectivity index (χ2n) is 7.52. The third-order valence-electron chi connectivity index (χ3n) is 4.83. The van der Waals surface area contributed by atoms with Gasteiger partial charge in [-0.25, -0.2) is 0 Å². The SMILES string of the molecule is CC(C)=CCC(CCCO)(C(=O)OCc1ccccc1)C(=O)OCc1ccccc1. The fourth-order valence-electron chi connectivity index (χ4n) is 3.04. The molecular weight excluding hydrogens is 380 g/mol. The van der Waals surface area contributed by atoms with Crippen LogP contribution in [0.2, 0.25) is 0 Å². The van der Waals surface area contributed by atoms with E-state index in [-0.39, 0.29) is 39.1 Å². The van der Waals surface area contributed by atoms with Gasteiger partial charge in [0, 0.05) is 6.61 Å². The number of rotatable bonds is 11. The normalized spacial score (nSPS) is 10.9. The molecule has 2 aromatic carbocycles. The highest BCUT2D eigenvalue weighted by Gasteiger charge is 2.47. The lowest BCUT2D eigenvalue weighted by molar-refractivity contribution is -0.175. The lowest BCUT2D eigenvalue weighted by Crippen LogP contribution is -2.42. The van der Waals surface area contributed by atoms with E-state index < -0.39 is 17.4 Å². The number of ether oxygens (including phenoxy) is 2. The van der Waals surface area contributed by atoms with Gasteiger partial charge in [-0.3, -0.25) is 9.59 Å². The van der Waals surface area contributed by atoms with Crippen molar-refractivity contribution in [2.45, 2.75) is 46.3 Å². The maximum atomic E-state index is 13.2. The van der Waals surface area contributed by atoms with Crippen LogP contribution in [0.5, 0.6) is 0 Å². The molecule has 0 atom stereocenters.